The van der Waals surface area contributed by atoms with Gasteiger partial charge in [-0.2, -0.15) is 0 Å². The van der Waals surface area contributed by atoms with E-state index in [1.54, 1.807) is 18.0 Å². The van der Waals surface area contributed by atoms with E-state index in [0.717, 1.165) is 29.4 Å². The third-order valence-electron chi connectivity index (χ3n) is 6.53. The molecule has 0 saturated carbocycles. The molecule has 1 aromatic heterocycles. The number of hydrogen-bond acceptors (Lipinski definition) is 6. The van der Waals surface area contributed by atoms with Crippen LogP contribution in [0.2, 0.25) is 0 Å². The number of benzene rings is 2. The molecule has 10 heteroatoms. The number of nitrogens with zero attached hydrogens (tertiary/aromatic N) is 4. The zero-order chi connectivity index (χ0) is 25.4. The van der Waals surface area contributed by atoms with Crippen molar-refractivity contribution in [3.8, 4) is 17.0 Å². The first-order valence-electron chi connectivity index (χ1n) is 12.0. The van der Waals surface area contributed by atoms with Crippen molar-refractivity contribution in [1.29, 1.82) is 0 Å². The van der Waals surface area contributed by atoms with E-state index in [9.17, 15) is 13.6 Å². The molecule has 0 spiro atoms. The maximum atomic E-state index is 14.9. The average Bonchev–Trinajstić information content (AvgIpc) is 2.88. The molecule has 36 heavy (non-hydrogen) atoms. The molecule has 0 aliphatic carbocycles. The maximum absolute atomic E-state index is 14.9. The second kappa shape index (κ2) is 9.60. The molecular weight excluding hydrogens is 466 g/mol. The van der Waals surface area contributed by atoms with Gasteiger partial charge < -0.3 is 25.2 Å². The van der Waals surface area contributed by atoms with Gasteiger partial charge in [-0.25, -0.2) is 23.5 Å². The van der Waals surface area contributed by atoms with E-state index in [1.807, 2.05) is 36.9 Å². The standard InChI is InChI=1S/C26H28F2N6O2/c1-15(2)34-8-9-36-24-20(27)11-18(12-22(24)34)23-21(28)13-30-25(32-23)31-19-5-4-17-14-33(26(35)29-3)7-6-16(17)10-19/h4-5,10-13,15H,6-9,14H2,1-3H3,(H,29,35)(H,30,31,32). The molecule has 0 bridgehead atoms. The number of hydrogen-bond donors (Lipinski definition) is 2. The lowest BCUT2D eigenvalue weighted by Crippen LogP contribution is -2.41. The average molecular weight is 495 g/mol. The van der Waals surface area contributed by atoms with Crippen molar-refractivity contribution < 1.29 is 18.3 Å². The third-order valence-corrected chi connectivity index (χ3v) is 6.53. The topological polar surface area (TPSA) is 82.6 Å². The van der Waals surface area contributed by atoms with Crippen LogP contribution in [0.1, 0.15) is 25.0 Å². The lowest BCUT2D eigenvalue weighted by molar-refractivity contribution is 0.194. The lowest BCUT2D eigenvalue weighted by Gasteiger charge is -2.34. The van der Waals surface area contributed by atoms with Gasteiger partial charge in [0.15, 0.2) is 17.4 Å². The minimum atomic E-state index is -0.646. The largest absolute Gasteiger partial charge is 0.486 e. The summed E-state index contributed by atoms with van der Waals surface area (Å²) in [7, 11) is 1.62. The van der Waals surface area contributed by atoms with Crippen LogP contribution in [0, 0.1) is 11.6 Å². The number of halogens is 2. The summed E-state index contributed by atoms with van der Waals surface area (Å²) in [5.41, 5.74) is 3.83. The summed E-state index contributed by atoms with van der Waals surface area (Å²) in [6, 6.07) is 8.79. The molecule has 0 atom stereocenters. The molecule has 2 N–H and O–H groups in total. The first-order valence-corrected chi connectivity index (χ1v) is 12.0. The molecule has 0 saturated heterocycles. The monoisotopic (exact) mass is 494 g/mol. The highest BCUT2D eigenvalue weighted by atomic mass is 19.1. The van der Waals surface area contributed by atoms with Gasteiger partial charge in [0.2, 0.25) is 5.95 Å². The van der Waals surface area contributed by atoms with Gasteiger partial charge in [-0.15, -0.1) is 0 Å². The van der Waals surface area contributed by atoms with Crippen LogP contribution < -0.4 is 20.3 Å². The number of carbonyl (C=O) groups excluding carboxylic acids is 1. The number of carbonyl (C=O) groups is 1. The van der Waals surface area contributed by atoms with Gasteiger partial charge in [-0.05, 0) is 55.7 Å². The molecule has 0 fully saturated rings. The summed E-state index contributed by atoms with van der Waals surface area (Å²) in [6.45, 7) is 6.19. The molecule has 2 amide bonds. The molecule has 2 aliphatic heterocycles. The van der Waals surface area contributed by atoms with E-state index in [2.05, 4.69) is 20.6 Å². The number of amides is 2. The zero-order valence-electron chi connectivity index (χ0n) is 20.4. The summed E-state index contributed by atoms with van der Waals surface area (Å²) < 4.78 is 35.3. The Hall–Kier alpha value is -3.95. The van der Waals surface area contributed by atoms with E-state index >= 15 is 0 Å². The van der Waals surface area contributed by atoms with E-state index < -0.39 is 11.6 Å². The highest BCUT2D eigenvalue weighted by molar-refractivity contribution is 5.75. The summed E-state index contributed by atoms with van der Waals surface area (Å²) >= 11 is 0. The molecule has 2 aliphatic rings. The van der Waals surface area contributed by atoms with Crippen molar-refractivity contribution in [2.75, 3.05) is 37.0 Å². The molecule has 2 aromatic carbocycles. The van der Waals surface area contributed by atoms with Crippen molar-refractivity contribution in [3.05, 3.63) is 59.3 Å². The molecular formula is C26H28F2N6O2. The SMILES string of the molecule is CNC(=O)N1CCc2cc(Nc3ncc(F)c(-c4cc(F)c5c(c4)N(C(C)C)CCO5)n3)ccc2C1. The Balaban J connectivity index is 1.42. The van der Waals surface area contributed by atoms with Gasteiger partial charge in [-0.3, -0.25) is 0 Å². The van der Waals surface area contributed by atoms with E-state index in [0.29, 0.717) is 37.5 Å². The molecule has 5 rings (SSSR count). The number of aromatic nitrogens is 2. The Bertz CT molecular complexity index is 1320. The number of urea groups is 1. The predicted octanol–water partition coefficient (Wildman–Crippen LogP) is 4.47. The fourth-order valence-electron chi connectivity index (χ4n) is 4.70. The van der Waals surface area contributed by atoms with Crippen LogP contribution in [-0.4, -0.2) is 53.7 Å². The zero-order valence-corrected chi connectivity index (χ0v) is 20.4. The second-order valence-corrected chi connectivity index (χ2v) is 9.17. The minimum Gasteiger partial charge on any atom is -0.486 e. The summed E-state index contributed by atoms with van der Waals surface area (Å²) in [4.78, 5) is 24.2. The van der Waals surface area contributed by atoms with Crippen molar-refractivity contribution >= 4 is 23.4 Å². The fraction of sp³-hybridized carbons (Fsp3) is 0.346. The fourth-order valence-corrected chi connectivity index (χ4v) is 4.70. The highest BCUT2D eigenvalue weighted by Crippen LogP contribution is 2.39. The molecule has 0 radical (unpaired) electrons. The van der Waals surface area contributed by atoms with Crippen molar-refractivity contribution in [2.45, 2.75) is 32.9 Å². The predicted molar refractivity (Wildman–Crippen MR) is 134 cm³/mol. The maximum Gasteiger partial charge on any atom is 0.317 e. The minimum absolute atomic E-state index is 0.00246. The van der Waals surface area contributed by atoms with Gasteiger partial charge in [0, 0.05) is 37.4 Å². The van der Waals surface area contributed by atoms with Crippen LogP contribution in [0.3, 0.4) is 0 Å². The Labute approximate surface area is 208 Å². The van der Waals surface area contributed by atoms with Gasteiger partial charge in [-0.1, -0.05) is 6.07 Å². The number of rotatable bonds is 4. The van der Waals surface area contributed by atoms with Gasteiger partial charge in [0.1, 0.15) is 12.3 Å². The lowest BCUT2D eigenvalue weighted by atomic mass is 9.99. The number of fused-ring (bicyclic) bond motifs is 2. The van der Waals surface area contributed by atoms with E-state index in [4.69, 9.17) is 4.74 Å². The molecule has 0 unspecified atom stereocenters. The number of ether oxygens (including phenoxy) is 1. The quantitative estimate of drug-likeness (QED) is 0.557. The normalized spacial score (nSPS) is 14.7. The van der Waals surface area contributed by atoms with Crippen LogP contribution >= 0.6 is 0 Å². The number of anilines is 3. The molecule has 3 aromatic rings. The van der Waals surface area contributed by atoms with Crippen LogP contribution in [0.25, 0.3) is 11.3 Å². The van der Waals surface area contributed by atoms with E-state index in [-0.39, 0.29) is 29.5 Å². The van der Waals surface area contributed by atoms with Crippen molar-refractivity contribution in [2.24, 2.45) is 0 Å². The Morgan fingerprint density at radius 2 is 1.94 bits per heavy atom. The van der Waals surface area contributed by atoms with Crippen molar-refractivity contribution in [1.82, 2.24) is 20.2 Å². The van der Waals surface area contributed by atoms with Crippen molar-refractivity contribution in [3.63, 3.8) is 0 Å². The molecule has 3 heterocycles. The third kappa shape index (κ3) is 4.50. The van der Waals surface area contributed by atoms with Gasteiger partial charge >= 0.3 is 6.03 Å². The first kappa shape index (κ1) is 23.8. The van der Waals surface area contributed by atoms with Crippen LogP contribution in [0.4, 0.5) is 30.9 Å². The van der Waals surface area contributed by atoms with Gasteiger partial charge in [0.25, 0.3) is 0 Å². The summed E-state index contributed by atoms with van der Waals surface area (Å²) in [5, 5.41) is 5.79. The number of nitrogens with one attached hydrogen (secondary N) is 2. The Morgan fingerprint density at radius 1 is 1.11 bits per heavy atom. The smallest absolute Gasteiger partial charge is 0.317 e. The first-order chi connectivity index (χ1) is 17.3. The Morgan fingerprint density at radius 3 is 2.72 bits per heavy atom. The second-order valence-electron chi connectivity index (χ2n) is 9.17. The molecule has 8 nitrogen and oxygen atoms in total. The summed E-state index contributed by atoms with van der Waals surface area (Å²) in [6.07, 6.45) is 1.80. The van der Waals surface area contributed by atoms with Crippen LogP contribution in [0.5, 0.6) is 5.75 Å². The Kier molecular flexibility index (Phi) is 6.34. The van der Waals surface area contributed by atoms with Crippen LogP contribution in [0.15, 0.2) is 36.5 Å². The highest BCUT2D eigenvalue weighted by Gasteiger charge is 2.26. The summed E-state index contributed by atoms with van der Waals surface area (Å²) in [5.74, 6) is -0.826. The van der Waals surface area contributed by atoms with E-state index in [1.165, 1.54) is 6.07 Å². The van der Waals surface area contributed by atoms with Crippen LogP contribution in [-0.2, 0) is 13.0 Å². The molecule has 188 valence electrons. The van der Waals surface area contributed by atoms with Gasteiger partial charge in [0.05, 0.1) is 18.4 Å².